The zero-order chi connectivity index (χ0) is 30.8. The lowest BCUT2D eigenvalue weighted by molar-refractivity contribution is -0.113. The van der Waals surface area contributed by atoms with Crippen LogP contribution in [-0.2, 0) is 14.3 Å². The van der Waals surface area contributed by atoms with Gasteiger partial charge in [0.05, 0.1) is 18.4 Å². The molecule has 1 saturated carbocycles. The van der Waals surface area contributed by atoms with E-state index in [0.717, 1.165) is 46.1 Å². The number of thiazole rings is 1. The standard InChI is InChI=1S/C20H21N3O2S.C11H22O.C3H8/c1-5-6-7-17-14(3)22-10-18(17)19-11-26-20(23-19)13(2)8-16(15(4)25)9-21-12-24;1-4-10(3)12-9-11(5-2)7-6-8-11;1-3-2/h5-12,22H,1H2,2-4H3,(H,21,24);10H,4-9H2,1-3H3;3H2,1-2H3/b7-6-,13-8+,16-9+;;. The van der Waals surface area contributed by atoms with Gasteiger partial charge >= 0.3 is 0 Å². The van der Waals surface area contributed by atoms with Crippen molar-refractivity contribution in [3.05, 3.63) is 64.4 Å². The summed E-state index contributed by atoms with van der Waals surface area (Å²) in [5, 5.41) is 5.21. The highest BCUT2D eigenvalue weighted by Gasteiger charge is 2.35. The van der Waals surface area contributed by atoms with Gasteiger partial charge in [-0.15, -0.1) is 11.3 Å². The maximum absolute atomic E-state index is 11.7. The molecule has 226 valence electrons. The van der Waals surface area contributed by atoms with Gasteiger partial charge in [-0.05, 0) is 70.4 Å². The summed E-state index contributed by atoms with van der Waals surface area (Å²) in [7, 11) is 0. The zero-order valence-electron chi connectivity index (χ0n) is 26.4. The van der Waals surface area contributed by atoms with Crippen molar-refractivity contribution in [3.63, 3.8) is 0 Å². The summed E-state index contributed by atoms with van der Waals surface area (Å²) in [5.41, 5.74) is 5.85. The Hall–Kier alpha value is -3.03. The number of hydrogen-bond acceptors (Lipinski definition) is 5. The van der Waals surface area contributed by atoms with Crippen LogP contribution in [0.4, 0.5) is 0 Å². The first-order chi connectivity index (χ1) is 19.6. The highest BCUT2D eigenvalue weighted by Crippen LogP contribution is 2.44. The third-order valence-corrected chi connectivity index (χ3v) is 8.12. The van der Waals surface area contributed by atoms with Crippen LogP contribution >= 0.6 is 11.3 Å². The Morgan fingerprint density at radius 3 is 2.46 bits per heavy atom. The molecule has 7 heteroatoms. The number of carbonyl (C=O) groups excluding carboxylic acids is 2. The van der Waals surface area contributed by atoms with Crippen LogP contribution in [0.1, 0.15) is 103 Å². The van der Waals surface area contributed by atoms with E-state index < -0.39 is 0 Å². The molecule has 2 heterocycles. The molecule has 1 unspecified atom stereocenters. The van der Waals surface area contributed by atoms with Crippen LogP contribution in [-0.4, -0.2) is 34.9 Å². The number of nitrogens with zero attached hydrogens (tertiary/aromatic N) is 1. The van der Waals surface area contributed by atoms with E-state index in [1.807, 2.05) is 37.6 Å². The van der Waals surface area contributed by atoms with Crippen LogP contribution in [0.3, 0.4) is 0 Å². The molecule has 1 atom stereocenters. The van der Waals surface area contributed by atoms with Crippen LogP contribution in [0.25, 0.3) is 22.9 Å². The second-order valence-electron chi connectivity index (χ2n) is 10.6. The van der Waals surface area contributed by atoms with Gasteiger partial charge in [0.1, 0.15) is 5.01 Å². The summed E-state index contributed by atoms with van der Waals surface area (Å²) in [6.45, 7) is 21.0. The number of aromatic nitrogens is 2. The van der Waals surface area contributed by atoms with Crippen LogP contribution < -0.4 is 5.32 Å². The molecule has 6 nitrogen and oxygen atoms in total. The van der Waals surface area contributed by atoms with E-state index >= 15 is 0 Å². The molecule has 0 aromatic carbocycles. The summed E-state index contributed by atoms with van der Waals surface area (Å²) in [4.78, 5) is 30.0. The van der Waals surface area contributed by atoms with E-state index in [4.69, 9.17) is 9.72 Å². The largest absolute Gasteiger partial charge is 0.378 e. The first kappa shape index (κ1) is 36.0. The minimum Gasteiger partial charge on any atom is -0.378 e. The summed E-state index contributed by atoms with van der Waals surface area (Å²) in [6.07, 6.45) is 19.5. The Bertz CT molecular complexity index is 1180. The number of aromatic amines is 1. The number of amides is 1. The molecule has 0 bridgehead atoms. The van der Waals surface area contributed by atoms with Gasteiger partial charge < -0.3 is 15.0 Å². The molecule has 2 aromatic heterocycles. The Morgan fingerprint density at radius 1 is 1.27 bits per heavy atom. The highest BCUT2D eigenvalue weighted by molar-refractivity contribution is 7.11. The fourth-order valence-electron chi connectivity index (χ4n) is 4.08. The molecule has 2 aromatic rings. The average Bonchev–Trinajstić information content (AvgIpc) is 3.56. The van der Waals surface area contributed by atoms with Crippen molar-refractivity contribution in [1.82, 2.24) is 15.3 Å². The first-order valence-electron chi connectivity index (χ1n) is 14.8. The van der Waals surface area contributed by atoms with Crippen LogP contribution in [0.15, 0.2) is 48.2 Å². The maximum atomic E-state index is 11.7. The van der Waals surface area contributed by atoms with Crippen LogP contribution in [0.5, 0.6) is 0 Å². The molecule has 2 N–H and O–H groups in total. The number of aryl methyl sites for hydroxylation is 1. The fraction of sp³-hybridized carbons (Fsp3) is 0.500. The lowest BCUT2D eigenvalue weighted by Crippen LogP contribution is -2.34. The molecule has 0 radical (unpaired) electrons. The molecular formula is C34H51N3O3S. The number of hydrogen-bond donors (Lipinski definition) is 2. The van der Waals surface area contributed by atoms with Gasteiger partial charge in [0.25, 0.3) is 0 Å². The van der Waals surface area contributed by atoms with Crippen molar-refractivity contribution in [1.29, 1.82) is 0 Å². The van der Waals surface area contributed by atoms with Gasteiger partial charge in [0.15, 0.2) is 5.78 Å². The molecule has 1 fully saturated rings. The monoisotopic (exact) mass is 581 g/mol. The number of H-pyrrole nitrogens is 1. The van der Waals surface area contributed by atoms with Crippen LogP contribution in [0.2, 0.25) is 0 Å². The maximum Gasteiger partial charge on any atom is 0.211 e. The van der Waals surface area contributed by atoms with Crippen molar-refractivity contribution < 1.29 is 14.3 Å². The molecule has 41 heavy (non-hydrogen) atoms. The van der Waals surface area contributed by atoms with Crippen molar-refractivity contribution in [3.8, 4) is 11.3 Å². The van der Waals surface area contributed by atoms with E-state index in [1.165, 1.54) is 56.6 Å². The second-order valence-corrected chi connectivity index (χ2v) is 11.4. The molecule has 3 rings (SSSR count). The van der Waals surface area contributed by atoms with Gasteiger partial charge in [-0.25, -0.2) is 4.98 Å². The number of rotatable bonds is 13. The zero-order valence-corrected chi connectivity index (χ0v) is 27.2. The number of nitrogens with one attached hydrogen (secondary N) is 2. The van der Waals surface area contributed by atoms with Gasteiger partial charge in [-0.1, -0.05) is 65.3 Å². The summed E-state index contributed by atoms with van der Waals surface area (Å²) >= 11 is 1.51. The van der Waals surface area contributed by atoms with E-state index in [-0.39, 0.29) is 5.78 Å². The quantitative estimate of drug-likeness (QED) is 0.140. The molecule has 0 aliphatic heterocycles. The first-order valence-corrected chi connectivity index (χ1v) is 15.6. The number of ether oxygens (including phenoxy) is 1. The van der Waals surface area contributed by atoms with Gasteiger partial charge in [-0.2, -0.15) is 0 Å². The smallest absolute Gasteiger partial charge is 0.211 e. The number of ketones is 1. The molecular weight excluding hydrogens is 530 g/mol. The Balaban J connectivity index is 0.000000465. The Kier molecular flexibility index (Phi) is 16.8. The molecule has 0 spiro atoms. The van der Waals surface area contributed by atoms with Gasteiger partial charge in [-0.3, -0.25) is 9.59 Å². The number of Topliss-reactive ketones (excluding diaryl/α,β-unsaturated/α-hetero) is 1. The minimum absolute atomic E-state index is 0.131. The fourth-order valence-corrected chi connectivity index (χ4v) is 4.88. The van der Waals surface area contributed by atoms with Crippen molar-refractivity contribution in [2.75, 3.05) is 6.61 Å². The summed E-state index contributed by atoms with van der Waals surface area (Å²) in [5.74, 6) is -0.131. The summed E-state index contributed by atoms with van der Waals surface area (Å²) < 4.78 is 5.79. The third-order valence-electron chi connectivity index (χ3n) is 7.14. The van der Waals surface area contributed by atoms with Crippen molar-refractivity contribution in [2.24, 2.45) is 5.41 Å². The van der Waals surface area contributed by atoms with E-state index in [0.29, 0.717) is 23.5 Å². The predicted molar refractivity (Wildman–Crippen MR) is 176 cm³/mol. The number of allylic oxidation sites excluding steroid dienone is 5. The van der Waals surface area contributed by atoms with Gasteiger partial charge in [0, 0.05) is 40.2 Å². The van der Waals surface area contributed by atoms with E-state index in [1.54, 1.807) is 12.2 Å². The van der Waals surface area contributed by atoms with Gasteiger partial charge in [0.2, 0.25) is 6.41 Å². The SMILES string of the molecule is C=C/C=C\c1c(-c2csc(/C(C)=C/C(=C\NC=O)C(C)=O)n2)c[nH]c1C.CCC.CCC(C)OCC1(CC)CCC1. The van der Waals surface area contributed by atoms with Crippen molar-refractivity contribution >= 4 is 35.2 Å². The van der Waals surface area contributed by atoms with Crippen molar-refractivity contribution in [2.45, 2.75) is 100 Å². The molecule has 1 amide bonds. The van der Waals surface area contributed by atoms with E-state index in [2.05, 4.69) is 51.5 Å². The third kappa shape index (κ3) is 11.8. The Morgan fingerprint density at radius 2 is 1.95 bits per heavy atom. The highest BCUT2D eigenvalue weighted by atomic mass is 32.1. The topological polar surface area (TPSA) is 84.1 Å². The minimum atomic E-state index is -0.131. The molecule has 0 saturated heterocycles. The normalized spacial score (nSPS) is 15.1. The molecule has 1 aliphatic carbocycles. The van der Waals surface area contributed by atoms with E-state index in [9.17, 15) is 9.59 Å². The summed E-state index contributed by atoms with van der Waals surface area (Å²) in [6, 6.07) is 0. The second kappa shape index (κ2) is 19.2. The number of carbonyl (C=O) groups is 2. The lowest BCUT2D eigenvalue weighted by atomic mass is 9.68. The molecule has 1 aliphatic rings. The lowest BCUT2D eigenvalue weighted by Gasteiger charge is -2.41. The average molecular weight is 582 g/mol. The predicted octanol–water partition coefficient (Wildman–Crippen LogP) is 9.07. The van der Waals surface area contributed by atoms with Crippen LogP contribution in [0, 0.1) is 12.3 Å². The Labute approximate surface area is 252 Å².